The van der Waals surface area contributed by atoms with E-state index in [4.69, 9.17) is 4.74 Å². The van der Waals surface area contributed by atoms with E-state index in [1.165, 1.54) is 25.8 Å². The summed E-state index contributed by atoms with van der Waals surface area (Å²) in [4.78, 5) is 2.53. The summed E-state index contributed by atoms with van der Waals surface area (Å²) in [5, 5.41) is 8.26. The second kappa shape index (κ2) is 6.50. The van der Waals surface area contributed by atoms with Gasteiger partial charge in [0.1, 0.15) is 12.4 Å². The van der Waals surface area contributed by atoms with Crippen molar-refractivity contribution in [3.8, 4) is 0 Å². The van der Waals surface area contributed by atoms with Gasteiger partial charge in [0.25, 0.3) is 0 Å². The number of morpholine rings is 1. The van der Waals surface area contributed by atoms with Crippen LogP contribution in [0, 0.1) is 5.92 Å². The van der Waals surface area contributed by atoms with Gasteiger partial charge < -0.3 is 9.30 Å². The lowest BCUT2D eigenvalue weighted by Gasteiger charge is -2.35. The van der Waals surface area contributed by atoms with Crippen LogP contribution in [0.5, 0.6) is 0 Å². The van der Waals surface area contributed by atoms with E-state index in [1.807, 2.05) is 0 Å². The summed E-state index contributed by atoms with van der Waals surface area (Å²) >= 11 is 0. The number of hydrogen-bond donors (Lipinski definition) is 0. The molecule has 1 aromatic heterocycles. The van der Waals surface area contributed by atoms with E-state index >= 15 is 0 Å². The summed E-state index contributed by atoms with van der Waals surface area (Å²) in [5.41, 5.74) is 0. The zero-order valence-corrected chi connectivity index (χ0v) is 12.2. The van der Waals surface area contributed by atoms with E-state index < -0.39 is 0 Å². The predicted molar refractivity (Wildman–Crippen MR) is 77.3 cm³/mol. The van der Waals surface area contributed by atoms with Gasteiger partial charge in [-0.3, -0.25) is 4.90 Å². The Balaban J connectivity index is 1.60. The zero-order valence-electron chi connectivity index (χ0n) is 12.2. The SMILES string of the molecule is CCn1cnnc1[C@@H]1CN(C[C@H]2CC=CCC2)CCO1. The number of aryl methyl sites for hydroxylation is 1. The maximum atomic E-state index is 5.91. The molecule has 1 aliphatic carbocycles. The van der Waals surface area contributed by atoms with Gasteiger partial charge >= 0.3 is 0 Å². The molecule has 5 heteroatoms. The standard InChI is InChI=1S/C15H24N4O/c1-2-19-12-16-17-15(19)14-11-18(8-9-20-14)10-13-6-4-3-5-7-13/h3-4,12-14H,2,5-11H2,1H3/t13-,14-/m0/s1. The highest BCUT2D eigenvalue weighted by molar-refractivity contribution is 4.96. The minimum Gasteiger partial charge on any atom is -0.368 e. The third-order valence-electron chi connectivity index (χ3n) is 4.32. The van der Waals surface area contributed by atoms with Gasteiger partial charge in [0.2, 0.25) is 0 Å². The van der Waals surface area contributed by atoms with Gasteiger partial charge in [0.15, 0.2) is 5.82 Å². The molecular weight excluding hydrogens is 252 g/mol. The van der Waals surface area contributed by atoms with Gasteiger partial charge in [-0.25, -0.2) is 0 Å². The van der Waals surface area contributed by atoms with Crippen molar-refractivity contribution in [3.63, 3.8) is 0 Å². The second-order valence-electron chi connectivity index (χ2n) is 5.74. The van der Waals surface area contributed by atoms with Crippen molar-refractivity contribution < 1.29 is 4.74 Å². The first kappa shape index (κ1) is 13.8. The fraction of sp³-hybridized carbons (Fsp3) is 0.733. The fourth-order valence-corrected chi connectivity index (χ4v) is 3.17. The first-order valence-electron chi connectivity index (χ1n) is 7.73. The molecule has 2 atom stereocenters. The number of aromatic nitrogens is 3. The molecule has 0 N–H and O–H groups in total. The van der Waals surface area contributed by atoms with Crippen LogP contribution in [0.3, 0.4) is 0 Å². The number of allylic oxidation sites excluding steroid dienone is 2. The Bertz CT molecular complexity index is 456. The van der Waals surface area contributed by atoms with E-state index in [-0.39, 0.29) is 6.10 Å². The molecule has 2 aliphatic rings. The Labute approximate surface area is 120 Å². The number of rotatable bonds is 4. The normalized spacial score (nSPS) is 27.9. The molecule has 0 amide bonds. The number of hydrogen-bond acceptors (Lipinski definition) is 4. The molecule has 0 aromatic carbocycles. The molecule has 110 valence electrons. The number of ether oxygens (including phenoxy) is 1. The van der Waals surface area contributed by atoms with Gasteiger partial charge in [0, 0.05) is 26.2 Å². The van der Waals surface area contributed by atoms with Crippen LogP contribution in [-0.4, -0.2) is 45.9 Å². The van der Waals surface area contributed by atoms with Crippen molar-refractivity contribution in [2.45, 2.75) is 38.8 Å². The first-order valence-corrected chi connectivity index (χ1v) is 7.73. The molecule has 0 spiro atoms. The topological polar surface area (TPSA) is 43.2 Å². The quantitative estimate of drug-likeness (QED) is 0.789. The van der Waals surface area contributed by atoms with Crippen LogP contribution in [0.25, 0.3) is 0 Å². The van der Waals surface area contributed by atoms with E-state index in [0.29, 0.717) is 0 Å². The van der Waals surface area contributed by atoms with Crippen molar-refractivity contribution in [3.05, 3.63) is 24.3 Å². The molecule has 1 aromatic rings. The molecule has 0 radical (unpaired) electrons. The van der Waals surface area contributed by atoms with Gasteiger partial charge in [-0.1, -0.05) is 12.2 Å². The Morgan fingerprint density at radius 1 is 1.40 bits per heavy atom. The van der Waals surface area contributed by atoms with Crippen LogP contribution in [0.2, 0.25) is 0 Å². The molecule has 2 heterocycles. The average molecular weight is 276 g/mol. The Morgan fingerprint density at radius 3 is 3.15 bits per heavy atom. The van der Waals surface area contributed by atoms with Crippen LogP contribution < -0.4 is 0 Å². The molecule has 5 nitrogen and oxygen atoms in total. The molecule has 1 fully saturated rings. The summed E-state index contributed by atoms with van der Waals surface area (Å²) in [5.74, 6) is 1.78. The highest BCUT2D eigenvalue weighted by Crippen LogP contribution is 2.24. The largest absolute Gasteiger partial charge is 0.368 e. The summed E-state index contributed by atoms with van der Waals surface area (Å²) < 4.78 is 7.99. The van der Waals surface area contributed by atoms with Gasteiger partial charge in [-0.05, 0) is 32.1 Å². The molecule has 0 bridgehead atoms. The minimum atomic E-state index is 0.0744. The summed E-state index contributed by atoms with van der Waals surface area (Å²) in [6.45, 7) is 6.97. The van der Waals surface area contributed by atoms with Crippen molar-refractivity contribution >= 4 is 0 Å². The van der Waals surface area contributed by atoms with Crippen LogP contribution in [0.15, 0.2) is 18.5 Å². The molecule has 1 saturated heterocycles. The first-order chi connectivity index (χ1) is 9.86. The van der Waals surface area contributed by atoms with Crippen LogP contribution >= 0.6 is 0 Å². The second-order valence-corrected chi connectivity index (χ2v) is 5.74. The highest BCUT2D eigenvalue weighted by Gasteiger charge is 2.27. The van der Waals surface area contributed by atoms with Crippen molar-refractivity contribution in [2.75, 3.05) is 26.2 Å². The van der Waals surface area contributed by atoms with Crippen LogP contribution in [-0.2, 0) is 11.3 Å². The zero-order chi connectivity index (χ0) is 13.8. The molecular formula is C15H24N4O. The Kier molecular flexibility index (Phi) is 4.47. The van der Waals surface area contributed by atoms with E-state index in [2.05, 4.69) is 38.7 Å². The van der Waals surface area contributed by atoms with Crippen molar-refractivity contribution in [1.82, 2.24) is 19.7 Å². The lowest BCUT2D eigenvalue weighted by molar-refractivity contribution is -0.0406. The molecule has 3 rings (SSSR count). The van der Waals surface area contributed by atoms with E-state index in [9.17, 15) is 0 Å². The van der Waals surface area contributed by atoms with Gasteiger partial charge in [0.05, 0.1) is 6.61 Å². The third kappa shape index (κ3) is 3.10. The van der Waals surface area contributed by atoms with Crippen LogP contribution in [0.4, 0.5) is 0 Å². The van der Waals surface area contributed by atoms with Crippen molar-refractivity contribution in [2.24, 2.45) is 5.92 Å². The van der Waals surface area contributed by atoms with E-state index in [1.54, 1.807) is 6.33 Å². The maximum absolute atomic E-state index is 5.91. The van der Waals surface area contributed by atoms with Gasteiger partial charge in [-0.2, -0.15) is 0 Å². The minimum absolute atomic E-state index is 0.0744. The molecule has 0 saturated carbocycles. The average Bonchev–Trinajstić information content (AvgIpc) is 2.97. The lowest BCUT2D eigenvalue weighted by Crippen LogP contribution is -2.41. The summed E-state index contributed by atoms with van der Waals surface area (Å²) in [6.07, 6.45) is 10.3. The predicted octanol–water partition coefficient (Wildman–Crippen LogP) is 2.03. The smallest absolute Gasteiger partial charge is 0.163 e. The number of nitrogens with zero attached hydrogens (tertiary/aromatic N) is 4. The summed E-state index contributed by atoms with van der Waals surface area (Å²) in [7, 11) is 0. The van der Waals surface area contributed by atoms with Crippen molar-refractivity contribution in [1.29, 1.82) is 0 Å². The van der Waals surface area contributed by atoms with Crippen LogP contribution in [0.1, 0.15) is 38.1 Å². The lowest BCUT2D eigenvalue weighted by atomic mass is 9.93. The molecule has 20 heavy (non-hydrogen) atoms. The summed E-state index contributed by atoms with van der Waals surface area (Å²) in [6, 6.07) is 0. The molecule has 1 aliphatic heterocycles. The van der Waals surface area contributed by atoms with E-state index in [0.717, 1.165) is 38.0 Å². The third-order valence-corrected chi connectivity index (χ3v) is 4.32. The monoisotopic (exact) mass is 276 g/mol. The molecule has 0 unspecified atom stereocenters. The fourth-order valence-electron chi connectivity index (χ4n) is 3.17. The Hall–Kier alpha value is -1.20. The van der Waals surface area contributed by atoms with Gasteiger partial charge in [-0.15, -0.1) is 10.2 Å². The highest BCUT2D eigenvalue weighted by atomic mass is 16.5. The maximum Gasteiger partial charge on any atom is 0.163 e. The Morgan fingerprint density at radius 2 is 2.35 bits per heavy atom.